The maximum atomic E-state index is 6.64. The molecule has 4 aromatic carbocycles. The lowest BCUT2D eigenvalue weighted by Gasteiger charge is -2.17. The molecular weight excluding hydrogens is 529 g/mol. The minimum atomic E-state index is -0.153. The average Bonchev–Trinajstić information content (AvgIpc) is 3.58. The van der Waals surface area contributed by atoms with Crippen molar-refractivity contribution in [2.75, 3.05) is 0 Å². The van der Waals surface area contributed by atoms with Gasteiger partial charge in [0, 0.05) is 49.1 Å². The normalized spacial score (nSPS) is 17.6. The minimum Gasteiger partial charge on any atom is -0.321 e. The highest BCUT2D eigenvalue weighted by atomic mass is 32.1. The van der Waals surface area contributed by atoms with Gasteiger partial charge in [-0.2, -0.15) is 0 Å². The Morgan fingerprint density at radius 2 is 1.62 bits per heavy atom. The fraction of sp³-hybridized carbons (Fsp3) is 0.0769. The Morgan fingerprint density at radius 1 is 0.810 bits per heavy atom. The van der Waals surface area contributed by atoms with Crippen molar-refractivity contribution >= 4 is 60.3 Å². The minimum absolute atomic E-state index is 0.153. The van der Waals surface area contributed by atoms with Crippen LogP contribution in [0.25, 0.3) is 60.1 Å². The SMILES string of the molecule is NC1C=CC=C/C1=C(/C=C/n1c2c(c3c4sc5ccccc5c4ccc31)C=CCC2)c1ccc(-c2ccccc2)cc1. The molecule has 0 bridgehead atoms. The average molecular weight is 559 g/mol. The van der Waals surface area contributed by atoms with Crippen LogP contribution < -0.4 is 5.73 Å². The fourth-order valence-electron chi connectivity index (χ4n) is 6.49. The Balaban J connectivity index is 1.30. The van der Waals surface area contributed by atoms with E-state index in [9.17, 15) is 0 Å². The van der Waals surface area contributed by atoms with E-state index in [1.807, 2.05) is 17.4 Å². The lowest BCUT2D eigenvalue weighted by atomic mass is 9.91. The van der Waals surface area contributed by atoms with E-state index in [4.69, 9.17) is 5.73 Å². The molecule has 0 saturated heterocycles. The first-order valence-electron chi connectivity index (χ1n) is 14.6. The molecule has 0 fully saturated rings. The van der Waals surface area contributed by atoms with E-state index in [0.29, 0.717) is 0 Å². The second-order valence-corrected chi connectivity index (χ2v) is 12.1. The van der Waals surface area contributed by atoms with E-state index in [1.54, 1.807) is 0 Å². The summed E-state index contributed by atoms with van der Waals surface area (Å²) < 4.78 is 5.14. The first-order valence-corrected chi connectivity index (χ1v) is 15.4. The van der Waals surface area contributed by atoms with Gasteiger partial charge in [-0.25, -0.2) is 0 Å². The number of benzene rings is 4. The van der Waals surface area contributed by atoms with Gasteiger partial charge < -0.3 is 10.3 Å². The number of thiophene rings is 1. The van der Waals surface area contributed by atoms with Crippen LogP contribution in [0.1, 0.15) is 23.2 Å². The summed E-state index contributed by atoms with van der Waals surface area (Å²) in [5.41, 5.74) is 16.5. The Morgan fingerprint density at radius 3 is 2.48 bits per heavy atom. The van der Waals surface area contributed by atoms with Gasteiger partial charge in [0.15, 0.2) is 0 Å². The summed E-state index contributed by atoms with van der Waals surface area (Å²) in [7, 11) is 0. The van der Waals surface area contributed by atoms with Crippen LogP contribution >= 0.6 is 11.3 Å². The largest absolute Gasteiger partial charge is 0.321 e. The molecule has 1 atom stereocenters. The van der Waals surface area contributed by atoms with Crippen molar-refractivity contribution in [2.45, 2.75) is 18.9 Å². The van der Waals surface area contributed by atoms with Crippen LogP contribution in [0.3, 0.4) is 0 Å². The van der Waals surface area contributed by atoms with Crippen LogP contribution in [0.15, 0.2) is 133 Å². The molecule has 0 saturated carbocycles. The van der Waals surface area contributed by atoms with Gasteiger partial charge in [0.25, 0.3) is 0 Å². The van der Waals surface area contributed by atoms with Crippen molar-refractivity contribution in [2.24, 2.45) is 5.73 Å². The summed E-state index contributed by atoms with van der Waals surface area (Å²) in [5.74, 6) is 0. The first kappa shape index (κ1) is 25.0. The van der Waals surface area contributed by atoms with Gasteiger partial charge in [0.1, 0.15) is 0 Å². The number of hydrogen-bond donors (Lipinski definition) is 1. The third kappa shape index (κ3) is 4.13. The molecule has 2 heterocycles. The van der Waals surface area contributed by atoms with Crippen molar-refractivity contribution in [1.82, 2.24) is 4.57 Å². The van der Waals surface area contributed by atoms with E-state index >= 15 is 0 Å². The summed E-state index contributed by atoms with van der Waals surface area (Å²) in [6, 6.07) is 32.6. The van der Waals surface area contributed by atoms with Crippen molar-refractivity contribution in [1.29, 1.82) is 0 Å². The molecule has 2 N–H and O–H groups in total. The Labute approximate surface area is 249 Å². The van der Waals surface area contributed by atoms with E-state index < -0.39 is 0 Å². The zero-order chi connectivity index (χ0) is 28.0. The zero-order valence-corrected chi connectivity index (χ0v) is 24.0. The maximum absolute atomic E-state index is 6.64. The molecule has 3 heteroatoms. The van der Waals surface area contributed by atoms with Crippen molar-refractivity contribution < 1.29 is 0 Å². The highest BCUT2D eigenvalue weighted by molar-refractivity contribution is 7.26. The van der Waals surface area contributed by atoms with Crippen molar-refractivity contribution in [3.8, 4) is 11.1 Å². The fourth-order valence-corrected chi connectivity index (χ4v) is 7.75. The molecule has 0 aliphatic heterocycles. The monoisotopic (exact) mass is 558 g/mol. The molecule has 2 aliphatic rings. The predicted molar refractivity (Wildman–Crippen MR) is 183 cm³/mol. The molecule has 2 aromatic heterocycles. The van der Waals surface area contributed by atoms with Gasteiger partial charge in [0.05, 0.1) is 5.52 Å². The zero-order valence-electron chi connectivity index (χ0n) is 23.2. The molecule has 2 aliphatic carbocycles. The molecule has 8 rings (SSSR count). The van der Waals surface area contributed by atoms with Gasteiger partial charge in [0.2, 0.25) is 0 Å². The molecule has 0 radical (unpaired) electrons. The van der Waals surface area contributed by atoms with Crippen LogP contribution in [0, 0.1) is 0 Å². The number of rotatable bonds is 4. The molecule has 0 amide bonds. The summed E-state index contributed by atoms with van der Waals surface area (Å²) in [4.78, 5) is 0. The number of hydrogen-bond acceptors (Lipinski definition) is 2. The topological polar surface area (TPSA) is 30.9 Å². The van der Waals surface area contributed by atoms with Gasteiger partial charge in [-0.1, -0.05) is 115 Å². The second kappa shape index (κ2) is 10.3. The third-order valence-corrected chi connectivity index (χ3v) is 9.76. The summed E-state index contributed by atoms with van der Waals surface area (Å²) in [6.45, 7) is 0. The van der Waals surface area contributed by atoms with Gasteiger partial charge in [-0.3, -0.25) is 0 Å². The number of nitrogens with zero attached hydrogens (tertiary/aromatic N) is 1. The summed E-state index contributed by atoms with van der Waals surface area (Å²) in [5, 5.41) is 4.05. The van der Waals surface area contributed by atoms with E-state index in [2.05, 4.69) is 138 Å². The Bertz CT molecular complexity index is 2130. The van der Waals surface area contributed by atoms with Crippen LogP contribution in [-0.2, 0) is 6.42 Å². The number of nitrogens with two attached hydrogens (primary N) is 1. The van der Waals surface area contributed by atoms with Crippen molar-refractivity contribution in [3.63, 3.8) is 0 Å². The molecule has 2 nitrogen and oxygen atoms in total. The smallest absolute Gasteiger partial charge is 0.0546 e. The molecule has 6 aromatic rings. The molecular formula is C39H30N2S. The molecule has 0 spiro atoms. The molecule has 42 heavy (non-hydrogen) atoms. The van der Waals surface area contributed by atoms with Crippen LogP contribution in [0.4, 0.5) is 0 Å². The Hall–Kier alpha value is -4.70. The van der Waals surface area contributed by atoms with E-state index in [-0.39, 0.29) is 6.04 Å². The number of allylic oxidation sites excluding steroid dienone is 5. The second-order valence-electron chi connectivity index (χ2n) is 11.0. The van der Waals surface area contributed by atoms with Gasteiger partial charge in [-0.05, 0) is 58.9 Å². The maximum Gasteiger partial charge on any atom is 0.0546 e. The Kier molecular flexibility index (Phi) is 6.14. The number of fused-ring (bicyclic) bond motifs is 7. The lowest BCUT2D eigenvalue weighted by molar-refractivity contribution is 0.910. The summed E-state index contributed by atoms with van der Waals surface area (Å²) >= 11 is 1.91. The highest BCUT2D eigenvalue weighted by Gasteiger charge is 2.21. The van der Waals surface area contributed by atoms with Crippen LogP contribution in [0.5, 0.6) is 0 Å². The third-order valence-electron chi connectivity index (χ3n) is 8.56. The number of aromatic nitrogens is 1. The quantitative estimate of drug-likeness (QED) is 0.229. The molecule has 1 unspecified atom stereocenters. The molecule has 202 valence electrons. The van der Waals surface area contributed by atoms with Gasteiger partial charge >= 0.3 is 0 Å². The first-order chi connectivity index (χ1) is 20.8. The van der Waals surface area contributed by atoms with Crippen molar-refractivity contribution in [3.05, 3.63) is 150 Å². The van der Waals surface area contributed by atoms with Crippen LogP contribution in [0.2, 0.25) is 0 Å². The van der Waals surface area contributed by atoms with E-state index in [1.165, 1.54) is 53.5 Å². The lowest BCUT2D eigenvalue weighted by Crippen LogP contribution is -2.21. The van der Waals surface area contributed by atoms with Crippen LogP contribution in [-0.4, -0.2) is 10.6 Å². The van der Waals surface area contributed by atoms with E-state index in [0.717, 1.165) is 29.6 Å². The standard InChI is InChI=1S/C39H30N2S/c40-34-15-7-4-12-30(34)29(28-20-18-27(19-21-28)26-10-2-1-3-11-26)24-25-41-35-16-8-5-14-33(35)38-36(41)23-22-32-31-13-6-9-17-37(31)42-39(32)38/h1-7,9-15,17-25,34H,8,16,40H2/b25-24+,30-29+. The highest BCUT2D eigenvalue weighted by Crippen LogP contribution is 2.43. The predicted octanol–water partition coefficient (Wildman–Crippen LogP) is 10.0. The summed E-state index contributed by atoms with van der Waals surface area (Å²) in [6.07, 6.45) is 19.6. The van der Waals surface area contributed by atoms with Gasteiger partial charge in [-0.15, -0.1) is 11.3 Å².